The van der Waals surface area contributed by atoms with Crippen LogP contribution in [0, 0.1) is 0 Å². The molecule has 0 saturated heterocycles. The summed E-state index contributed by atoms with van der Waals surface area (Å²) in [6.07, 6.45) is 5.09. The van der Waals surface area contributed by atoms with Crippen molar-refractivity contribution < 1.29 is 9.53 Å². The minimum Gasteiger partial charge on any atom is -0.379 e. The highest BCUT2D eigenvalue weighted by Crippen LogP contribution is 2.24. The van der Waals surface area contributed by atoms with Crippen molar-refractivity contribution >= 4 is 28.9 Å². The smallest absolute Gasteiger partial charge is 0.274 e. The van der Waals surface area contributed by atoms with Gasteiger partial charge in [0.05, 0.1) is 18.3 Å². The summed E-state index contributed by atoms with van der Waals surface area (Å²) in [6, 6.07) is 5.27. The Kier molecular flexibility index (Phi) is 5.64. The van der Waals surface area contributed by atoms with Crippen LogP contribution in [0.2, 0.25) is 0 Å². The van der Waals surface area contributed by atoms with Crippen molar-refractivity contribution in [3.05, 3.63) is 46.5 Å². The summed E-state index contributed by atoms with van der Waals surface area (Å²) in [6.45, 7) is 3.89. The first-order valence-electron chi connectivity index (χ1n) is 10.3. The van der Waals surface area contributed by atoms with Gasteiger partial charge in [0, 0.05) is 32.5 Å². The first-order chi connectivity index (χ1) is 14.9. The predicted molar refractivity (Wildman–Crippen MR) is 118 cm³/mol. The van der Waals surface area contributed by atoms with Gasteiger partial charge in [-0.2, -0.15) is 9.61 Å². The molecule has 3 aromatic heterocycles. The van der Waals surface area contributed by atoms with Gasteiger partial charge in [0.25, 0.3) is 11.5 Å². The molecule has 1 fully saturated rings. The number of methoxy groups -OCH3 is 1. The van der Waals surface area contributed by atoms with Gasteiger partial charge in [-0.3, -0.25) is 9.59 Å². The molecule has 3 N–H and O–H groups in total. The third-order valence-electron chi connectivity index (χ3n) is 5.60. The van der Waals surface area contributed by atoms with E-state index in [1.807, 2.05) is 19.9 Å². The van der Waals surface area contributed by atoms with E-state index in [0.717, 1.165) is 12.8 Å². The van der Waals surface area contributed by atoms with Crippen LogP contribution in [0.25, 0.3) is 5.65 Å². The first kappa shape index (κ1) is 20.9. The molecule has 0 radical (unpaired) electrons. The molecule has 3 aromatic rings. The zero-order valence-corrected chi connectivity index (χ0v) is 18.0. The minimum absolute atomic E-state index is 0.0173. The van der Waals surface area contributed by atoms with Gasteiger partial charge in [0.2, 0.25) is 0 Å². The zero-order chi connectivity index (χ0) is 22.1. The lowest BCUT2D eigenvalue weighted by Crippen LogP contribution is -2.51. The molecule has 0 aliphatic heterocycles. The number of pyridine rings is 1. The molecule has 10 nitrogen and oxygen atoms in total. The molecular formula is C21H27N7O3. The molecule has 0 spiro atoms. The van der Waals surface area contributed by atoms with E-state index in [2.05, 4.69) is 26.0 Å². The fourth-order valence-electron chi connectivity index (χ4n) is 3.68. The zero-order valence-electron chi connectivity index (χ0n) is 18.0. The van der Waals surface area contributed by atoms with E-state index in [-0.39, 0.29) is 29.7 Å². The van der Waals surface area contributed by atoms with Crippen molar-refractivity contribution in [2.24, 2.45) is 0 Å². The summed E-state index contributed by atoms with van der Waals surface area (Å²) >= 11 is 0. The molecule has 3 heterocycles. The van der Waals surface area contributed by atoms with Crippen molar-refractivity contribution in [3.63, 3.8) is 0 Å². The van der Waals surface area contributed by atoms with E-state index >= 15 is 0 Å². The molecule has 31 heavy (non-hydrogen) atoms. The minimum atomic E-state index is -0.254. The fraction of sp³-hybridized carbons (Fsp3) is 0.429. The van der Waals surface area contributed by atoms with Crippen LogP contribution in [0.5, 0.6) is 0 Å². The van der Waals surface area contributed by atoms with Gasteiger partial charge in [-0.25, -0.2) is 4.98 Å². The van der Waals surface area contributed by atoms with Gasteiger partial charge in [-0.15, -0.1) is 0 Å². The van der Waals surface area contributed by atoms with Crippen LogP contribution in [0.3, 0.4) is 0 Å². The normalized spacial score (nSPS) is 18.1. The molecule has 0 bridgehead atoms. The second kappa shape index (κ2) is 8.38. The molecule has 1 amide bonds. The first-order valence-corrected chi connectivity index (χ1v) is 10.3. The number of ether oxygens (including phenoxy) is 1. The summed E-state index contributed by atoms with van der Waals surface area (Å²) < 4.78 is 8.56. The van der Waals surface area contributed by atoms with Gasteiger partial charge in [-0.1, -0.05) is 0 Å². The highest BCUT2D eigenvalue weighted by Gasteiger charge is 2.33. The molecule has 0 unspecified atom stereocenters. The second-order valence-electron chi connectivity index (χ2n) is 7.85. The largest absolute Gasteiger partial charge is 0.379 e. The number of hydrogen-bond donors (Lipinski definition) is 3. The Morgan fingerprint density at radius 3 is 2.77 bits per heavy atom. The van der Waals surface area contributed by atoms with Gasteiger partial charge in [0.1, 0.15) is 22.9 Å². The molecule has 10 heteroatoms. The Morgan fingerprint density at radius 2 is 2.13 bits per heavy atom. The summed E-state index contributed by atoms with van der Waals surface area (Å²) in [5.41, 5.74) is 1.00. The summed E-state index contributed by atoms with van der Waals surface area (Å²) in [5.74, 6) is 0.809. The van der Waals surface area contributed by atoms with Crippen molar-refractivity contribution in [1.82, 2.24) is 24.5 Å². The van der Waals surface area contributed by atoms with Crippen molar-refractivity contribution in [2.45, 2.75) is 44.9 Å². The van der Waals surface area contributed by atoms with E-state index in [0.29, 0.717) is 28.5 Å². The standard InChI is InChI=1S/C21H27N7O3/c1-12(2)27-9-5-6-15(21(27)30)24-17-10-18(22-3)28-19(26-17)13(11-23-28)20(29)25-14-7-8-16(14)31-4/h5-6,9-12,14,16,22H,7-8H2,1-4H3,(H,24,26)(H,25,29)/t14-,16-/m1/s1. The van der Waals surface area contributed by atoms with Crippen LogP contribution in [0.1, 0.15) is 43.1 Å². The highest BCUT2D eigenvalue weighted by molar-refractivity contribution is 6.00. The number of nitrogens with zero attached hydrogens (tertiary/aromatic N) is 4. The third kappa shape index (κ3) is 3.86. The topological polar surface area (TPSA) is 115 Å². The number of carbonyl (C=O) groups is 1. The van der Waals surface area contributed by atoms with Gasteiger partial charge < -0.3 is 25.3 Å². The Balaban J connectivity index is 1.68. The van der Waals surface area contributed by atoms with Gasteiger partial charge >= 0.3 is 0 Å². The van der Waals surface area contributed by atoms with Gasteiger partial charge in [-0.05, 0) is 38.8 Å². The fourth-order valence-corrected chi connectivity index (χ4v) is 3.68. The van der Waals surface area contributed by atoms with Crippen molar-refractivity contribution in [1.29, 1.82) is 0 Å². The van der Waals surface area contributed by atoms with E-state index in [9.17, 15) is 9.59 Å². The molecule has 1 aliphatic rings. The molecular weight excluding hydrogens is 398 g/mol. The van der Waals surface area contributed by atoms with Crippen molar-refractivity contribution in [2.75, 3.05) is 24.8 Å². The Morgan fingerprint density at radius 1 is 1.32 bits per heavy atom. The summed E-state index contributed by atoms with van der Waals surface area (Å²) in [7, 11) is 3.40. The molecule has 1 aliphatic carbocycles. The predicted octanol–water partition coefficient (Wildman–Crippen LogP) is 2.16. The van der Waals surface area contributed by atoms with E-state index in [1.54, 1.807) is 41.6 Å². The highest BCUT2D eigenvalue weighted by atomic mass is 16.5. The number of anilines is 3. The van der Waals surface area contributed by atoms with Gasteiger partial charge in [0.15, 0.2) is 5.65 Å². The Bertz CT molecular complexity index is 1170. The average molecular weight is 425 g/mol. The lowest BCUT2D eigenvalue weighted by atomic mass is 9.89. The van der Waals surface area contributed by atoms with E-state index < -0.39 is 0 Å². The number of carbonyl (C=O) groups excluding carboxylic acids is 1. The maximum atomic E-state index is 12.9. The van der Waals surface area contributed by atoms with Crippen LogP contribution >= 0.6 is 0 Å². The molecule has 2 atom stereocenters. The summed E-state index contributed by atoms with van der Waals surface area (Å²) in [5, 5.41) is 13.5. The number of rotatable bonds is 7. The monoisotopic (exact) mass is 425 g/mol. The number of fused-ring (bicyclic) bond motifs is 1. The lowest BCUT2D eigenvalue weighted by Gasteiger charge is -2.35. The maximum absolute atomic E-state index is 12.9. The SMILES string of the molecule is CNc1cc(Nc2cccn(C(C)C)c2=O)nc2c(C(=O)N[C@@H]3CC[C@H]3OC)cnn12. The lowest BCUT2D eigenvalue weighted by molar-refractivity contribution is 0.00732. The maximum Gasteiger partial charge on any atom is 0.274 e. The van der Waals surface area contributed by atoms with E-state index in [4.69, 9.17) is 4.74 Å². The van der Waals surface area contributed by atoms with Crippen LogP contribution in [0.4, 0.5) is 17.3 Å². The Labute approximate surface area is 179 Å². The molecule has 1 saturated carbocycles. The summed E-state index contributed by atoms with van der Waals surface area (Å²) in [4.78, 5) is 30.2. The number of nitrogens with one attached hydrogen (secondary N) is 3. The quantitative estimate of drug-likeness (QED) is 0.531. The molecule has 0 aromatic carbocycles. The van der Waals surface area contributed by atoms with Crippen LogP contribution in [-0.4, -0.2) is 51.4 Å². The van der Waals surface area contributed by atoms with Crippen LogP contribution in [-0.2, 0) is 4.74 Å². The average Bonchev–Trinajstić information content (AvgIpc) is 3.16. The Hall–Kier alpha value is -3.40. The van der Waals surface area contributed by atoms with Crippen LogP contribution < -0.4 is 21.5 Å². The number of aromatic nitrogens is 4. The number of hydrogen-bond acceptors (Lipinski definition) is 7. The number of amides is 1. The van der Waals surface area contributed by atoms with Crippen molar-refractivity contribution in [3.8, 4) is 0 Å². The van der Waals surface area contributed by atoms with E-state index in [1.165, 1.54) is 6.20 Å². The second-order valence-corrected chi connectivity index (χ2v) is 7.85. The molecule has 164 valence electrons. The van der Waals surface area contributed by atoms with Crippen LogP contribution in [0.15, 0.2) is 35.4 Å². The molecule has 4 rings (SSSR count). The third-order valence-corrected chi connectivity index (χ3v) is 5.60.